The lowest BCUT2D eigenvalue weighted by molar-refractivity contribution is -0.166. The summed E-state index contributed by atoms with van der Waals surface area (Å²) in [4.78, 5) is 21.2. The van der Waals surface area contributed by atoms with Crippen LogP contribution in [0, 0.1) is 5.41 Å². The maximum atomic E-state index is 12.7. The molecule has 2 atom stereocenters. The van der Waals surface area contributed by atoms with Crippen LogP contribution in [0.5, 0.6) is 0 Å². The van der Waals surface area contributed by atoms with Crippen molar-refractivity contribution in [1.29, 1.82) is 0 Å². The van der Waals surface area contributed by atoms with Crippen LogP contribution in [0.15, 0.2) is 30.6 Å². The van der Waals surface area contributed by atoms with Gasteiger partial charge < -0.3 is 15.8 Å². The van der Waals surface area contributed by atoms with Crippen LogP contribution < -0.4 is 11.1 Å². The number of carbonyl (C=O) groups is 1. The number of hydrogen-bond acceptors (Lipinski definition) is 5. The molecule has 0 aliphatic heterocycles. The summed E-state index contributed by atoms with van der Waals surface area (Å²) in [6.07, 6.45) is 3.79. The van der Waals surface area contributed by atoms with E-state index in [9.17, 15) is 4.79 Å². The molecule has 1 saturated carbocycles. The highest BCUT2D eigenvalue weighted by Crippen LogP contribution is 2.50. The molecule has 2 unspecified atom stereocenters. The number of benzene rings is 1. The molecule has 1 aliphatic rings. The molecule has 0 bridgehead atoms. The summed E-state index contributed by atoms with van der Waals surface area (Å²) in [7, 11) is 0. The Kier molecular flexibility index (Phi) is 3.82. The Labute approximate surface area is 135 Å². The van der Waals surface area contributed by atoms with Crippen molar-refractivity contribution >= 4 is 22.6 Å². The molecule has 1 aromatic heterocycles. The lowest BCUT2D eigenvalue weighted by Crippen LogP contribution is -2.74. The molecule has 3 rings (SSSR count). The van der Waals surface area contributed by atoms with Gasteiger partial charge in [-0.3, -0.25) is 14.8 Å². The van der Waals surface area contributed by atoms with E-state index in [1.54, 1.807) is 18.5 Å². The lowest BCUT2D eigenvalue weighted by atomic mass is 9.54. The molecule has 6 nitrogen and oxygen atoms in total. The number of carbonyl (C=O) groups excluding carboxylic acids is 1. The van der Waals surface area contributed by atoms with Crippen LogP contribution in [0.4, 0.5) is 5.69 Å². The van der Waals surface area contributed by atoms with Crippen molar-refractivity contribution in [3.63, 3.8) is 0 Å². The molecule has 0 spiro atoms. The van der Waals surface area contributed by atoms with Gasteiger partial charge in [-0.05, 0) is 25.1 Å². The number of ether oxygens (including phenoxy) is 1. The minimum Gasteiger partial charge on any atom is -0.378 e. The predicted octanol–water partition coefficient (Wildman–Crippen LogP) is 2.10. The number of nitrogens with two attached hydrogens (primary N) is 1. The van der Waals surface area contributed by atoms with Crippen molar-refractivity contribution in [2.45, 2.75) is 38.8 Å². The zero-order valence-corrected chi connectivity index (χ0v) is 13.7. The Morgan fingerprint density at radius 3 is 2.70 bits per heavy atom. The Morgan fingerprint density at radius 2 is 2.04 bits per heavy atom. The van der Waals surface area contributed by atoms with Gasteiger partial charge in [0.2, 0.25) is 5.91 Å². The summed E-state index contributed by atoms with van der Waals surface area (Å²) in [5.74, 6) is -0.193. The maximum absolute atomic E-state index is 12.7. The Bertz CT molecular complexity index is 746. The van der Waals surface area contributed by atoms with Crippen molar-refractivity contribution in [3.8, 4) is 0 Å². The topological polar surface area (TPSA) is 90.1 Å². The number of rotatable bonds is 4. The number of fused-ring (bicyclic) bond motifs is 1. The van der Waals surface area contributed by atoms with E-state index in [2.05, 4.69) is 15.3 Å². The minimum absolute atomic E-state index is 0.00530. The SMILES string of the molecule is CCOC1CC(N)(C(=O)Nc2ccc3nccnc3c2)C1(C)C. The number of nitrogens with one attached hydrogen (secondary N) is 1. The van der Waals surface area contributed by atoms with Gasteiger partial charge in [0.1, 0.15) is 5.54 Å². The molecule has 1 amide bonds. The average molecular weight is 314 g/mol. The monoisotopic (exact) mass is 314 g/mol. The number of aromatic nitrogens is 2. The lowest BCUT2D eigenvalue weighted by Gasteiger charge is -2.57. The Hall–Kier alpha value is -2.05. The second-order valence-corrected chi connectivity index (χ2v) is 6.56. The first-order chi connectivity index (χ1) is 10.9. The summed E-state index contributed by atoms with van der Waals surface area (Å²) in [6, 6.07) is 5.44. The third-order valence-corrected chi connectivity index (χ3v) is 4.96. The molecule has 122 valence electrons. The van der Waals surface area contributed by atoms with Gasteiger partial charge in [-0.15, -0.1) is 0 Å². The highest BCUT2D eigenvalue weighted by Gasteiger charge is 2.62. The molecule has 1 fully saturated rings. The van der Waals surface area contributed by atoms with Crippen LogP contribution in [0.1, 0.15) is 27.2 Å². The average Bonchev–Trinajstić information content (AvgIpc) is 2.54. The van der Waals surface area contributed by atoms with E-state index in [1.165, 1.54) is 0 Å². The van der Waals surface area contributed by atoms with Crippen LogP contribution in [0.2, 0.25) is 0 Å². The van der Waals surface area contributed by atoms with E-state index in [0.717, 1.165) is 11.0 Å². The third-order valence-electron chi connectivity index (χ3n) is 4.96. The van der Waals surface area contributed by atoms with Crippen molar-refractivity contribution in [2.24, 2.45) is 11.1 Å². The second-order valence-electron chi connectivity index (χ2n) is 6.56. The van der Waals surface area contributed by atoms with Crippen LogP contribution >= 0.6 is 0 Å². The molecule has 1 heterocycles. The van der Waals surface area contributed by atoms with Crippen molar-refractivity contribution in [3.05, 3.63) is 30.6 Å². The molecule has 2 aromatic rings. The molecule has 0 saturated heterocycles. The number of hydrogen-bond donors (Lipinski definition) is 2. The number of amides is 1. The van der Waals surface area contributed by atoms with Gasteiger partial charge in [0, 0.05) is 36.5 Å². The number of nitrogens with zero attached hydrogens (tertiary/aromatic N) is 2. The Balaban J connectivity index is 1.78. The van der Waals surface area contributed by atoms with Gasteiger partial charge in [0.15, 0.2) is 0 Å². The van der Waals surface area contributed by atoms with Crippen LogP contribution in [0.3, 0.4) is 0 Å². The smallest absolute Gasteiger partial charge is 0.245 e. The van der Waals surface area contributed by atoms with Gasteiger partial charge in [-0.2, -0.15) is 0 Å². The van der Waals surface area contributed by atoms with E-state index in [-0.39, 0.29) is 12.0 Å². The molecule has 23 heavy (non-hydrogen) atoms. The van der Waals surface area contributed by atoms with Crippen molar-refractivity contribution in [2.75, 3.05) is 11.9 Å². The zero-order chi connectivity index (χ0) is 16.7. The fourth-order valence-electron chi connectivity index (χ4n) is 3.10. The molecule has 0 radical (unpaired) electrons. The highest BCUT2D eigenvalue weighted by molar-refractivity contribution is 6.00. The first-order valence-corrected chi connectivity index (χ1v) is 7.81. The molecule has 6 heteroatoms. The summed E-state index contributed by atoms with van der Waals surface area (Å²) < 4.78 is 5.67. The summed E-state index contributed by atoms with van der Waals surface area (Å²) in [5.41, 5.74) is 7.22. The van der Waals surface area contributed by atoms with Crippen LogP contribution in [0.25, 0.3) is 11.0 Å². The molecular formula is C17H22N4O2. The van der Waals surface area contributed by atoms with E-state index in [1.807, 2.05) is 32.9 Å². The fraction of sp³-hybridized carbons (Fsp3) is 0.471. The van der Waals surface area contributed by atoms with Gasteiger partial charge >= 0.3 is 0 Å². The fourth-order valence-corrected chi connectivity index (χ4v) is 3.10. The van der Waals surface area contributed by atoms with Crippen LogP contribution in [-0.4, -0.2) is 34.1 Å². The third kappa shape index (κ3) is 2.48. The van der Waals surface area contributed by atoms with Gasteiger partial charge in [0.25, 0.3) is 0 Å². The van der Waals surface area contributed by atoms with Gasteiger partial charge in [-0.25, -0.2) is 0 Å². The summed E-state index contributed by atoms with van der Waals surface area (Å²) in [6.45, 7) is 6.52. The van der Waals surface area contributed by atoms with Crippen LogP contribution in [-0.2, 0) is 9.53 Å². The first kappa shape index (κ1) is 15.8. The normalized spacial score (nSPS) is 25.8. The zero-order valence-electron chi connectivity index (χ0n) is 13.7. The number of anilines is 1. The standard InChI is InChI=1S/C17H22N4O2/c1-4-23-14-10-17(18,16(14,2)3)15(22)21-11-5-6-12-13(9-11)20-8-7-19-12/h5-9,14H,4,10,18H2,1-3H3,(H,21,22). The summed E-state index contributed by atoms with van der Waals surface area (Å²) in [5, 5.41) is 2.91. The van der Waals surface area contributed by atoms with Crippen molar-refractivity contribution in [1.82, 2.24) is 9.97 Å². The largest absolute Gasteiger partial charge is 0.378 e. The van der Waals surface area contributed by atoms with Gasteiger partial charge in [-0.1, -0.05) is 13.8 Å². The molecule has 1 aliphatic carbocycles. The Morgan fingerprint density at radius 1 is 1.35 bits per heavy atom. The maximum Gasteiger partial charge on any atom is 0.245 e. The van der Waals surface area contributed by atoms with E-state index in [0.29, 0.717) is 18.7 Å². The first-order valence-electron chi connectivity index (χ1n) is 7.81. The predicted molar refractivity (Wildman–Crippen MR) is 88.9 cm³/mol. The van der Waals surface area contributed by atoms with E-state index < -0.39 is 11.0 Å². The van der Waals surface area contributed by atoms with E-state index in [4.69, 9.17) is 10.5 Å². The second kappa shape index (κ2) is 5.54. The highest BCUT2D eigenvalue weighted by atomic mass is 16.5. The molecule has 1 aromatic carbocycles. The van der Waals surface area contributed by atoms with E-state index >= 15 is 0 Å². The molecular weight excluding hydrogens is 292 g/mol. The molecule has 3 N–H and O–H groups in total. The van der Waals surface area contributed by atoms with Crippen molar-refractivity contribution < 1.29 is 9.53 Å². The summed E-state index contributed by atoms with van der Waals surface area (Å²) >= 11 is 0. The quantitative estimate of drug-likeness (QED) is 0.902. The minimum atomic E-state index is -0.940. The van der Waals surface area contributed by atoms with Gasteiger partial charge in [0.05, 0.1) is 17.1 Å².